The number of hydrogen-bond acceptors (Lipinski definition) is 3. The van der Waals surface area contributed by atoms with Gasteiger partial charge in [-0.2, -0.15) is 0 Å². The third-order valence-corrected chi connectivity index (χ3v) is 7.83. The van der Waals surface area contributed by atoms with Crippen LogP contribution in [0.15, 0.2) is 8.95 Å². The van der Waals surface area contributed by atoms with Crippen LogP contribution < -0.4 is 0 Å². The van der Waals surface area contributed by atoms with Crippen molar-refractivity contribution >= 4 is 43.4 Å². The second-order valence-electron chi connectivity index (χ2n) is 7.39. The number of ketones is 2. The number of aromatic hydroxyl groups is 1. The molecule has 5 heteroatoms. The number of fused-ring (bicyclic) bond motifs is 3. The Balaban J connectivity index is 2.40. The van der Waals surface area contributed by atoms with E-state index in [1.54, 1.807) is 0 Å². The molecule has 0 aliphatic heterocycles. The predicted octanol–water partition coefficient (Wildman–Crippen LogP) is 5.15. The number of Topliss-reactive ketones (excluding diaryl/α,β-unsaturated/α-hetero) is 2. The highest BCUT2D eigenvalue weighted by atomic mass is 79.9. The quantitative estimate of drug-likeness (QED) is 0.610. The number of carbonyl (C=O) groups is 2. The van der Waals surface area contributed by atoms with Crippen molar-refractivity contribution < 1.29 is 14.7 Å². The van der Waals surface area contributed by atoms with Gasteiger partial charge in [-0.1, -0.05) is 36.7 Å². The third-order valence-electron chi connectivity index (χ3n) is 5.84. The summed E-state index contributed by atoms with van der Waals surface area (Å²) in [4.78, 5) is 25.6. The van der Waals surface area contributed by atoms with Gasteiger partial charge in [-0.05, 0) is 58.7 Å². The molecule has 1 N–H and O–H groups in total. The first-order valence-corrected chi connectivity index (χ1v) is 9.51. The molecule has 3 rings (SSSR count). The maximum atomic E-state index is 12.8. The zero-order valence-electron chi connectivity index (χ0n) is 13.7. The lowest BCUT2D eigenvalue weighted by atomic mass is 9.62. The first-order chi connectivity index (χ1) is 10.6. The van der Waals surface area contributed by atoms with Gasteiger partial charge in [-0.3, -0.25) is 9.59 Å². The molecule has 0 aromatic heterocycles. The summed E-state index contributed by atoms with van der Waals surface area (Å²) >= 11 is 6.97. The van der Waals surface area contributed by atoms with Crippen LogP contribution in [-0.4, -0.2) is 16.7 Å². The molecule has 0 amide bonds. The molecule has 0 saturated heterocycles. The topological polar surface area (TPSA) is 54.4 Å². The van der Waals surface area contributed by atoms with E-state index in [0.717, 1.165) is 28.4 Å². The molecule has 0 spiro atoms. The van der Waals surface area contributed by atoms with Crippen molar-refractivity contribution in [2.24, 2.45) is 17.3 Å². The van der Waals surface area contributed by atoms with Gasteiger partial charge in [0, 0.05) is 15.8 Å². The second-order valence-corrected chi connectivity index (χ2v) is 8.98. The summed E-state index contributed by atoms with van der Waals surface area (Å²) in [6, 6.07) is 0. The summed E-state index contributed by atoms with van der Waals surface area (Å²) in [5, 5.41) is 10.5. The van der Waals surface area contributed by atoms with E-state index < -0.39 is 11.2 Å². The highest BCUT2D eigenvalue weighted by Crippen LogP contribution is 2.61. The Morgan fingerprint density at radius 1 is 1.22 bits per heavy atom. The monoisotopic (exact) mass is 442 g/mol. The number of hydrogen-bond donors (Lipinski definition) is 1. The van der Waals surface area contributed by atoms with Crippen LogP contribution in [0.1, 0.15) is 61.0 Å². The Hall–Kier alpha value is -0.680. The Labute approximate surface area is 153 Å². The highest BCUT2D eigenvalue weighted by Gasteiger charge is 2.58. The van der Waals surface area contributed by atoms with Gasteiger partial charge >= 0.3 is 0 Å². The molecule has 2 aliphatic carbocycles. The van der Waals surface area contributed by atoms with E-state index in [2.05, 4.69) is 45.7 Å². The normalized spacial score (nSPS) is 29.9. The average Bonchev–Trinajstić information content (AvgIpc) is 2.85. The van der Waals surface area contributed by atoms with Gasteiger partial charge in [0.05, 0.1) is 10.0 Å². The van der Waals surface area contributed by atoms with Crippen molar-refractivity contribution in [3.05, 3.63) is 25.6 Å². The van der Waals surface area contributed by atoms with Crippen LogP contribution in [0.5, 0.6) is 5.75 Å². The van der Waals surface area contributed by atoms with Crippen molar-refractivity contribution in [1.29, 1.82) is 0 Å². The molecule has 1 aromatic rings. The van der Waals surface area contributed by atoms with Gasteiger partial charge in [0.25, 0.3) is 0 Å². The van der Waals surface area contributed by atoms with E-state index in [-0.39, 0.29) is 23.0 Å². The van der Waals surface area contributed by atoms with Gasteiger partial charge in [-0.25, -0.2) is 0 Å². The Morgan fingerprint density at radius 3 is 2.39 bits per heavy atom. The Kier molecular flexibility index (Phi) is 4.04. The average molecular weight is 444 g/mol. The van der Waals surface area contributed by atoms with Crippen molar-refractivity contribution in [3.63, 3.8) is 0 Å². The van der Waals surface area contributed by atoms with Crippen LogP contribution in [0.2, 0.25) is 0 Å². The lowest BCUT2D eigenvalue weighted by Crippen LogP contribution is -2.43. The van der Waals surface area contributed by atoms with Crippen molar-refractivity contribution in [3.8, 4) is 5.75 Å². The summed E-state index contributed by atoms with van der Waals surface area (Å²) in [6.45, 7) is 8.14. The molecular weight excluding hydrogens is 424 g/mol. The maximum Gasteiger partial charge on any atom is 0.233 e. The van der Waals surface area contributed by atoms with Crippen LogP contribution in [0, 0.1) is 24.2 Å². The fraction of sp³-hybridized carbons (Fsp3) is 0.556. The van der Waals surface area contributed by atoms with E-state index in [1.807, 2.05) is 13.8 Å². The van der Waals surface area contributed by atoms with Crippen LogP contribution in [0.3, 0.4) is 0 Å². The number of halogens is 2. The molecule has 3 atom stereocenters. The minimum absolute atomic E-state index is 0.0326. The molecular formula is C18H20Br2O3. The molecule has 3 nitrogen and oxygen atoms in total. The van der Waals surface area contributed by atoms with E-state index in [9.17, 15) is 14.7 Å². The summed E-state index contributed by atoms with van der Waals surface area (Å²) in [5.41, 5.74) is 1.22. The molecule has 0 unspecified atom stereocenters. The fourth-order valence-electron chi connectivity index (χ4n) is 4.48. The molecule has 0 heterocycles. The summed E-state index contributed by atoms with van der Waals surface area (Å²) in [6.07, 6.45) is 1.66. The smallest absolute Gasteiger partial charge is 0.233 e. The molecule has 0 radical (unpaired) electrons. The van der Waals surface area contributed by atoms with Crippen LogP contribution in [0.25, 0.3) is 0 Å². The van der Waals surface area contributed by atoms with Crippen molar-refractivity contribution in [2.75, 3.05) is 0 Å². The minimum atomic E-state index is -0.658. The SMILES string of the molecule is Cc1c(Br)c(O)c2c(c1Br)[C@@H]1[C@@H](C(C)C)CC[C@@]1(C)C(=O)C2=O. The summed E-state index contributed by atoms with van der Waals surface area (Å²) in [7, 11) is 0. The number of carbonyl (C=O) groups excluding carboxylic acids is 2. The first kappa shape index (κ1) is 17.2. The van der Waals surface area contributed by atoms with Crippen LogP contribution in [0.4, 0.5) is 0 Å². The molecule has 2 aliphatic rings. The van der Waals surface area contributed by atoms with Crippen LogP contribution >= 0.6 is 31.9 Å². The zero-order valence-corrected chi connectivity index (χ0v) is 16.8. The van der Waals surface area contributed by atoms with Gasteiger partial charge < -0.3 is 5.11 Å². The minimum Gasteiger partial charge on any atom is -0.506 e. The lowest BCUT2D eigenvalue weighted by molar-refractivity contribution is -0.124. The molecule has 1 saturated carbocycles. The van der Waals surface area contributed by atoms with Gasteiger partial charge in [-0.15, -0.1) is 0 Å². The Bertz CT molecular complexity index is 739. The number of benzene rings is 1. The number of rotatable bonds is 1. The predicted molar refractivity (Wildman–Crippen MR) is 96.0 cm³/mol. The highest BCUT2D eigenvalue weighted by molar-refractivity contribution is 9.11. The van der Waals surface area contributed by atoms with Crippen molar-refractivity contribution in [1.82, 2.24) is 0 Å². The molecule has 124 valence electrons. The standard InChI is InChI=1S/C18H20Br2O3/c1-7(2)9-5-6-18(4)12(9)10-11(16(22)17(18)23)15(21)14(20)8(3)13(10)19/h7,9,12,21H,5-6H2,1-4H3/t9-,12+,18-/m1/s1. The fourth-order valence-corrected chi connectivity index (χ4v) is 5.79. The van der Waals surface area contributed by atoms with Gasteiger partial charge in [0.15, 0.2) is 0 Å². The number of phenolic OH excluding ortho intramolecular Hbond substituents is 1. The number of phenols is 1. The molecule has 1 fully saturated rings. The lowest BCUT2D eigenvalue weighted by Gasteiger charge is -2.40. The molecule has 1 aromatic carbocycles. The van der Waals surface area contributed by atoms with E-state index in [1.165, 1.54) is 0 Å². The summed E-state index contributed by atoms with van der Waals surface area (Å²) < 4.78 is 1.31. The second kappa shape index (κ2) is 5.41. The maximum absolute atomic E-state index is 12.8. The van der Waals surface area contributed by atoms with E-state index in [0.29, 0.717) is 16.3 Å². The van der Waals surface area contributed by atoms with Crippen molar-refractivity contribution in [2.45, 2.75) is 46.5 Å². The summed E-state index contributed by atoms with van der Waals surface area (Å²) in [5.74, 6) is -0.302. The Morgan fingerprint density at radius 2 is 1.83 bits per heavy atom. The van der Waals surface area contributed by atoms with Gasteiger partial charge in [0.1, 0.15) is 5.75 Å². The van der Waals surface area contributed by atoms with E-state index >= 15 is 0 Å². The first-order valence-electron chi connectivity index (χ1n) is 7.92. The zero-order chi connectivity index (χ0) is 17.3. The van der Waals surface area contributed by atoms with E-state index in [4.69, 9.17) is 0 Å². The largest absolute Gasteiger partial charge is 0.506 e. The third kappa shape index (κ3) is 2.12. The molecule has 23 heavy (non-hydrogen) atoms. The molecule has 0 bridgehead atoms. The van der Waals surface area contributed by atoms with Crippen LogP contribution in [-0.2, 0) is 4.79 Å². The van der Waals surface area contributed by atoms with Gasteiger partial charge in [0.2, 0.25) is 11.6 Å².